The van der Waals surface area contributed by atoms with Gasteiger partial charge >= 0.3 is 6.03 Å². The first kappa shape index (κ1) is 16.8. The molecule has 1 aliphatic heterocycles. The largest absolute Gasteiger partial charge is 0.507 e. The van der Waals surface area contributed by atoms with Crippen molar-refractivity contribution in [2.24, 2.45) is 0 Å². The monoisotopic (exact) mass is 339 g/mol. The summed E-state index contributed by atoms with van der Waals surface area (Å²) in [5.74, 6) is -0.233. The van der Waals surface area contributed by atoms with Crippen LogP contribution in [-0.4, -0.2) is 53.0 Å². The first-order valence-corrected chi connectivity index (χ1v) is 8.24. The molecule has 2 N–H and O–H groups in total. The van der Waals surface area contributed by atoms with Crippen molar-refractivity contribution in [3.63, 3.8) is 0 Å². The lowest BCUT2D eigenvalue weighted by atomic mass is 10.1. The third-order valence-electron chi connectivity index (χ3n) is 4.29. The zero-order valence-corrected chi connectivity index (χ0v) is 14.1. The van der Waals surface area contributed by atoms with Gasteiger partial charge in [0, 0.05) is 31.9 Å². The zero-order valence-electron chi connectivity index (χ0n) is 14.1. The molecule has 0 saturated carbocycles. The fourth-order valence-corrected chi connectivity index (χ4v) is 2.78. The molecule has 3 rings (SSSR count). The number of anilines is 1. The second-order valence-electron chi connectivity index (χ2n) is 6.09. The van der Waals surface area contributed by atoms with Crippen molar-refractivity contribution in [1.82, 2.24) is 9.80 Å². The van der Waals surface area contributed by atoms with E-state index in [1.54, 1.807) is 28.0 Å². The van der Waals surface area contributed by atoms with Gasteiger partial charge in [0.1, 0.15) is 5.75 Å². The number of urea groups is 1. The second-order valence-corrected chi connectivity index (χ2v) is 6.09. The lowest BCUT2D eigenvalue weighted by molar-refractivity contribution is 0.0668. The summed E-state index contributed by atoms with van der Waals surface area (Å²) < 4.78 is 0. The summed E-state index contributed by atoms with van der Waals surface area (Å²) in [5, 5.41) is 12.7. The van der Waals surface area contributed by atoms with Crippen LogP contribution in [0.5, 0.6) is 5.75 Å². The van der Waals surface area contributed by atoms with Gasteiger partial charge in [0.15, 0.2) is 0 Å². The first-order valence-electron chi connectivity index (χ1n) is 8.24. The van der Waals surface area contributed by atoms with Crippen molar-refractivity contribution >= 4 is 17.6 Å². The molecule has 0 spiro atoms. The Morgan fingerprint density at radius 1 is 0.920 bits per heavy atom. The summed E-state index contributed by atoms with van der Waals surface area (Å²) in [4.78, 5) is 28.1. The summed E-state index contributed by atoms with van der Waals surface area (Å²) in [7, 11) is 0. The Morgan fingerprint density at radius 2 is 1.52 bits per heavy atom. The lowest BCUT2D eigenvalue weighted by Gasteiger charge is -2.34. The summed E-state index contributed by atoms with van der Waals surface area (Å²) >= 11 is 0. The molecule has 2 aromatic rings. The van der Waals surface area contributed by atoms with E-state index in [1.165, 1.54) is 6.07 Å². The predicted molar refractivity (Wildman–Crippen MR) is 95.8 cm³/mol. The van der Waals surface area contributed by atoms with Crippen molar-refractivity contribution < 1.29 is 14.7 Å². The topological polar surface area (TPSA) is 72.9 Å². The molecular weight excluding hydrogens is 318 g/mol. The normalized spacial score (nSPS) is 14.3. The molecule has 6 nitrogen and oxygen atoms in total. The minimum absolute atomic E-state index is 0.0213. The molecule has 0 bridgehead atoms. The fraction of sp³-hybridized carbons (Fsp3) is 0.263. The standard InChI is InChI=1S/C19H21N3O3/c1-14-6-8-15(9-7-14)20-19(25)22-12-10-21(11-13-22)18(24)16-4-2-3-5-17(16)23/h2-9,23H,10-13H2,1H3,(H,20,25). The summed E-state index contributed by atoms with van der Waals surface area (Å²) in [5.41, 5.74) is 2.18. The van der Waals surface area contributed by atoms with E-state index in [9.17, 15) is 14.7 Å². The van der Waals surface area contributed by atoms with Gasteiger partial charge in [0.25, 0.3) is 5.91 Å². The van der Waals surface area contributed by atoms with Gasteiger partial charge < -0.3 is 20.2 Å². The van der Waals surface area contributed by atoms with Crippen LogP contribution in [0.25, 0.3) is 0 Å². The van der Waals surface area contributed by atoms with E-state index in [0.717, 1.165) is 11.3 Å². The highest BCUT2D eigenvalue weighted by Gasteiger charge is 2.26. The number of phenols is 1. The third kappa shape index (κ3) is 3.91. The van der Waals surface area contributed by atoms with Crippen LogP contribution >= 0.6 is 0 Å². The lowest BCUT2D eigenvalue weighted by Crippen LogP contribution is -2.51. The van der Waals surface area contributed by atoms with Gasteiger partial charge in [-0.25, -0.2) is 4.79 Å². The Balaban J connectivity index is 1.56. The Kier molecular flexibility index (Phi) is 4.88. The van der Waals surface area contributed by atoms with Crippen molar-refractivity contribution in [1.29, 1.82) is 0 Å². The van der Waals surface area contributed by atoms with E-state index in [1.807, 2.05) is 31.2 Å². The van der Waals surface area contributed by atoms with Crippen molar-refractivity contribution in [2.45, 2.75) is 6.92 Å². The number of carbonyl (C=O) groups is 2. The highest BCUT2D eigenvalue weighted by molar-refractivity contribution is 5.97. The molecule has 0 aromatic heterocycles. The number of piperazine rings is 1. The van der Waals surface area contributed by atoms with Crippen LogP contribution in [0.3, 0.4) is 0 Å². The number of aromatic hydroxyl groups is 1. The van der Waals surface area contributed by atoms with Crippen LogP contribution < -0.4 is 5.32 Å². The van der Waals surface area contributed by atoms with Crippen LogP contribution in [0.1, 0.15) is 15.9 Å². The second kappa shape index (κ2) is 7.25. The maximum atomic E-state index is 12.5. The molecule has 130 valence electrons. The number of hydrogen-bond donors (Lipinski definition) is 2. The van der Waals surface area contributed by atoms with E-state index in [0.29, 0.717) is 31.7 Å². The highest BCUT2D eigenvalue weighted by Crippen LogP contribution is 2.19. The number of para-hydroxylation sites is 1. The quantitative estimate of drug-likeness (QED) is 0.883. The molecule has 1 saturated heterocycles. The van der Waals surface area contributed by atoms with Crippen LogP contribution in [0.2, 0.25) is 0 Å². The fourth-order valence-electron chi connectivity index (χ4n) is 2.78. The van der Waals surface area contributed by atoms with Crippen LogP contribution in [0, 0.1) is 6.92 Å². The number of aryl methyl sites for hydroxylation is 1. The Labute approximate surface area is 146 Å². The number of phenolic OH excluding ortho intramolecular Hbond substituents is 1. The van der Waals surface area contributed by atoms with Crippen LogP contribution in [0.15, 0.2) is 48.5 Å². The molecule has 3 amide bonds. The Morgan fingerprint density at radius 3 is 2.16 bits per heavy atom. The van der Waals surface area contributed by atoms with Crippen molar-refractivity contribution in [3.8, 4) is 5.75 Å². The summed E-state index contributed by atoms with van der Waals surface area (Å²) in [6, 6.07) is 14.0. The molecule has 1 heterocycles. The van der Waals surface area contributed by atoms with E-state index in [-0.39, 0.29) is 17.7 Å². The van der Waals surface area contributed by atoms with E-state index in [4.69, 9.17) is 0 Å². The minimum atomic E-state index is -0.211. The number of nitrogens with one attached hydrogen (secondary N) is 1. The van der Waals surface area contributed by atoms with Gasteiger partial charge in [-0.1, -0.05) is 29.8 Å². The van der Waals surface area contributed by atoms with Gasteiger partial charge in [-0.05, 0) is 31.2 Å². The smallest absolute Gasteiger partial charge is 0.321 e. The first-order chi connectivity index (χ1) is 12.0. The van der Waals surface area contributed by atoms with Gasteiger partial charge in [-0.2, -0.15) is 0 Å². The SMILES string of the molecule is Cc1ccc(NC(=O)N2CCN(C(=O)c3ccccc3O)CC2)cc1. The van der Waals surface area contributed by atoms with Gasteiger partial charge in [0.05, 0.1) is 5.56 Å². The summed E-state index contributed by atoms with van der Waals surface area (Å²) in [6.07, 6.45) is 0. The Bertz CT molecular complexity index is 766. The van der Waals surface area contributed by atoms with E-state index < -0.39 is 0 Å². The molecule has 1 aliphatic rings. The predicted octanol–water partition coefficient (Wildman–Crippen LogP) is 2.69. The number of nitrogens with zero attached hydrogens (tertiary/aromatic N) is 2. The maximum Gasteiger partial charge on any atom is 0.321 e. The van der Waals surface area contributed by atoms with Gasteiger partial charge in [-0.3, -0.25) is 4.79 Å². The molecule has 0 unspecified atom stereocenters. The van der Waals surface area contributed by atoms with Crippen LogP contribution in [-0.2, 0) is 0 Å². The number of hydrogen-bond acceptors (Lipinski definition) is 3. The van der Waals surface area contributed by atoms with Crippen LogP contribution in [0.4, 0.5) is 10.5 Å². The molecule has 0 radical (unpaired) electrons. The number of carbonyl (C=O) groups excluding carboxylic acids is 2. The third-order valence-corrected chi connectivity index (χ3v) is 4.29. The van der Waals surface area contributed by atoms with Gasteiger partial charge in [-0.15, -0.1) is 0 Å². The molecule has 2 aromatic carbocycles. The van der Waals surface area contributed by atoms with E-state index in [2.05, 4.69) is 5.32 Å². The molecule has 1 fully saturated rings. The number of rotatable bonds is 2. The number of amides is 3. The zero-order chi connectivity index (χ0) is 17.8. The van der Waals surface area contributed by atoms with Crippen molar-refractivity contribution in [3.05, 3.63) is 59.7 Å². The molecule has 0 aliphatic carbocycles. The van der Waals surface area contributed by atoms with Crippen molar-refractivity contribution in [2.75, 3.05) is 31.5 Å². The summed E-state index contributed by atoms with van der Waals surface area (Å²) in [6.45, 7) is 3.78. The highest BCUT2D eigenvalue weighted by atomic mass is 16.3. The molecule has 6 heteroatoms. The maximum absolute atomic E-state index is 12.5. The average molecular weight is 339 g/mol. The average Bonchev–Trinajstić information content (AvgIpc) is 2.63. The molecular formula is C19H21N3O3. The Hall–Kier alpha value is -3.02. The molecule has 0 atom stereocenters. The molecule has 25 heavy (non-hydrogen) atoms. The number of benzene rings is 2. The van der Waals surface area contributed by atoms with Gasteiger partial charge in [0.2, 0.25) is 0 Å². The minimum Gasteiger partial charge on any atom is -0.507 e. The van der Waals surface area contributed by atoms with E-state index >= 15 is 0 Å².